The molecule has 0 aromatic carbocycles. The first-order valence-corrected chi connectivity index (χ1v) is 27.6. The quantitative estimate of drug-likeness (QED) is 0.0383. The summed E-state index contributed by atoms with van der Waals surface area (Å²) in [5.41, 5.74) is 0. The normalized spacial score (nSPS) is 32.5. The van der Waals surface area contributed by atoms with Crippen LogP contribution in [-0.4, -0.2) is 181 Å². The second-order valence-electron chi connectivity index (χ2n) is 20.4. The highest BCUT2D eigenvalue weighted by atomic mass is 16.7. The van der Waals surface area contributed by atoms with Crippen molar-refractivity contribution >= 4 is 5.91 Å². The van der Waals surface area contributed by atoms with Crippen molar-refractivity contribution in [1.29, 1.82) is 0 Å². The lowest BCUT2D eigenvalue weighted by Gasteiger charge is -2.46. The molecule has 0 aromatic heterocycles. The second-order valence-corrected chi connectivity index (χ2v) is 20.4. The highest BCUT2D eigenvalue weighted by molar-refractivity contribution is 5.76. The molecule has 70 heavy (non-hydrogen) atoms. The third-order valence-corrected chi connectivity index (χ3v) is 14.4. The Morgan fingerprint density at radius 1 is 0.500 bits per heavy atom. The first-order chi connectivity index (χ1) is 33.7. The zero-order valence-electron chi connectivity index (χ0n) is 43.1. The number of rotatable bonds is 39. The molecule has 1 amide bonds. The van der Waals surface area contributed by atoms with Crippen molar-refractivity contribution < 1.29 is 84.3 Å². The van der Waals surface area contributed by atoms with Gasteiger partial charge in [-0.1, -0.05) is 174 Å². The van der Waals surface area contributed by atoms with Crippen LogP contribution < -0.4 is 5.32 Å². The first kappa shape index (κ1) is 63.1. The average molecular weight is 1010 g/mol. The van der Waals surface area contributed by atoms with E-state index in [2.05, 4.69) is 19.2 Å². The maximum Gasteiger partial charge on any atom is 0.220 e. The van der Waals surface area contributed by atoms with Gasteiger partial charge in [-0.15, -0.1) is 0 Å². The van der Waals surface area contributed by atoms with E-state index in [9.17, 15) is 55.9 Å². The Balaban J connectivity index is 1.53. The standard InChI is InChI=1S/C52H99NO17/c1-4-6-8-10-12-14-16-18-20-22-24-26-28-30-37(55)36(53-40(56)31-29-27-25-23-21-19-17-15-13-11-9-7-5-2)33-65-50-46(62)45(61)42(58)39(69-50)34-66-51-48(64)49(43(59)38(32-54)68-51)70-52-47(63)44(60)41(57)35(3)67-52/h35-39,41-52,54-55,57-64H,4-34H2,1-3H3,(H,53,56)/t35-,36-,37+,38+,39+,41+,42-,43-,44+,45-,46+,47-,48+,49-,50+,51+,52-/m0/s1. The van der Waals surface area contributed by atoms with Crippen molar-refractivity contribution in [3.63, 3.8) is 0 Å². The third kappa shape index (κ3) is 22.7. The van der Waals surface area contributed by atoms with Gasteiger partial charge in [0, 0.05) is 6.42 Å². The summed E-state index contributed by atoms with van der Waals surface area (Å²) in [7, 11) is 0. The number of nitrogens with one attached hydrogen (secondary N) is 1. The van der Waals surface area contributed by atoms with Crippen molar-refractivity contribution in [2.75, 3.05) is 19.8 Å². The van der Waals surface area contributed by atoms with Crippen LogP contribution in [-0.2, 0) is 33.2 Å². The minimum atomic E-state index is -1.81. The molecule has 18 nitrogen and oxygen atoms in total. The van der Waals surface area contributed by atoms with Crippen molar-refractivity contribution in [2.24, 2.45) is 0 Å². The van der Waals surface area contributed by atoms with Gasteiger partial charge >= 0.3 is 0 Å². The molecule has 17 atom stereocenters. The Bertz CT molecular complexity index is 1310. The van der Waals surface area contributed by atoms with Crippen molar-refractivity contribution in [1.82, 2.24) is 5.32 Å². The summed E-state index contributed by atoms with van der Waals surface area (Å²) >= 11 is 0. The molecule has 3 saturated heterocycles. The SMILES string of the molecule is CCCCCCCCCCCCCCCC(=O)N[C@@H](CO[C@@H]1O[C@H](CO[C@@H]2O[C@H](CO)[C@H](O)[C@H](O[C@@H]3O[C@@H](C)[C@@H](O)[C@@H](O)[C@@H]3O)[C@H]2O)[C@H](O)[C@H](O)[C@H]1O)[C@H](O)CCCCCCCCCCCCCCC. The lowest BCUT2D eigenvalue weighted by molar-refractivity contribution is -0.363. The molecule has 0 saturated carbocycles. The zero-order valence-corrected chi connectivity index (χ0v) is 43.1. The Morgan fingerprint density at radius 3 is 1.46 bits per heavy atom. The second kappa shape index (κ2) is 36.7. The highest BCUT2D eigenvalue weighted by Gasteiger charge is 2.51. The highest BCUT2D eigenvalue weighted by Crippen LogP contribution is 2.31. The lowest BCUT2D eigenvalue weighted by atomic mass is 9.97. The van der Waals surface area contributed by atoms with Gasteiger partial charge in [0.2, 0.25) is 5.91 Å². The van der Waals surface area contributed by atoms with E-state index in [1.54, 1.807) is 0 Å². The molecule has 11 N–H and O–H groups in total. The zero-order chi connectivity index (χ0) is 51.3. The molecule has 0 bridgehead atoms. The van der Waals surface area contributed by atoms with Crippen LogP contribution >= 0.6 is 0 Å². The summed E-state index contributed by atoms with van der Waals surface area (Å²) in [6.07, 6.45) is 6.63. The van der Waals surface area contributed by atoms with Gasteiger partial charge < -0.3 is 84.8 Å². The minimum absolute atomic E-state index is 0.236. The summed E-state index contributed by atoms with van der Waals surface area (Å²) in [4.78, 5) is 13.3. The molecule has 3 fully saturated rings. The van der Waals surface area contributed by atoms with E-state index in [1.165, 1.54) is 122 Å². The van der Waals surface area contributed by atoms with Gasteiger partial charge in [0.15, 0.2) is 18.9 Å². The molecule has 3 heterocycles. The molecule has 3 rings (SSSR count). The summed E-state index contributed by atoms with van der Waals surface area (Å²) in [5.74, 6) is -0.236. The van der Waals surface area contributed by atoms with E-state index in [4.69, 9.17) is 28.4 Å². The van der Waals surface area contributed by atoms with Crippen LogP contribution in [0.2, 0.25) is 0 Å². The number of hydrogen-bond donors (Lipinski definition) is 11. The molecule has 3 aliphatic heterocycles. The predicted molar refractivity (Wildman–Crippen MR) is 262 cm³/mol. The van der Waals surface area contributed by atoms with Gasteiger partial charge in [-0.2, -0.15) is 0 Å². The van der Waals surface area contributed by atoms with Crippen molar-refractivity contribution in [2.45, 2.75) is 305 Å². The molecule has 0 aliphatic carbocycles. The van der Waals surface area contributed by atoms with Crippen LogP contribution in [0.4, 0.5) is 0 Å². The summed E-state index contributed by atoms with van der Waals surface area (Å²) < 4.78 is 34.3. The van der Waals surface area contributed by atoms with Crippen LogP contribution in [0.15, 0.2) is 0 Å². The van der Waals surface area contributed by atoms with E-state index < -0.39 is 117 Å². The van der Waals surface area contributed by atoms with Crippen molar-refractivity contribution in [3.05, 3.63) is 0 Å². The molecule has 3 aliphatic rings. The van der Waals surface area contributed by atoms with Crippen LogP contribution in [0.1, 0.15) is 201 Å². The van der Waals surface area contributed by atoms with E-state index in [0.29, 0.717) is 12.8 Å². The molecular formula is C52H99NO17. The summed E-state index contributed by atoms with van der Waals surface area (Å²) in [5, 5.41) is 110. The van der Waals surface area contributed by atoms with Gasteiger partial charge in [-0.3, -0.25) is 4.79 Å². The molecule has 0 unspecified atom stereocenters. The number of ether oxygens (including phenoxy) is 6. The van der Waals surface area contributed by atoms with Crippen LogP contribution in [0.25, 0.3) is 0 Å². The largest absolute Gasteiger partial charge is 0.394 e. The first-order valence-electron chi connectivity index (χ1n) is 27.6. The molecule has 414 valence electrons. The van der Waals surface area contributed by atoms with Crippen LogP contribution in [0.3, 0.4) is 0 Å². The number of carbonyl (C=O) groups is 1. The van der Waals surface area contributed by atoms with E-state index in [-0.39, 0.29) is 18.9 Å². The average Bonchev–Trinajstić information content (AvgIpc) is 3.35. The molecule has 0 radical (unpaired) electrons. The van der Waals surface area contributed by atoms with Crippen LogP contribution in [0, 0.1) is 0 Å². The topological polar surface area (TPSA) is 287 Å². The van der Waals surface area contributed by atoms with E-state index in [0.717, 1.165) is 44.9 Å². The Hall–Kier alpha value is -1.17. The van der Waals surface area contributed by atoms with Crippen LogP contribution in [0.5, 0.6) is 0 Å². The molecular weight excluding hydrogens is 911 g/mol. The fourth-order valence-electron chi connectivity index (χ4n) is 9.62. The number of carbonyl (C=O) groups excluding carboxylic acids is 1. The maximum atomic E-state index is 13.3. The third-order valence-electron chi connectivity index (χ3n) is 14.4. The predicted octanol–water partition coefficient (Wildman–Crippen LogP) is 4.29. The number of aliphatic hydroxyl groups is 10. The molecule has 18 heteroatoms. The number of amides is 1. The number of aliphatic hydroxyl groups excluding tert-OH is 10. The minimum Gasteiger partial charge on any atom is -0.394 e. The smallest absolute Gasteiger partial charge is 0.220 e. The Morgan fingerprint density at radius 2 is 0.943 bits per heavy atom. The summed E-state index contributed by atoms with van der Waals surface area (Å²) in [6, 6.07) is -0.870. The monoisotopic (exact) mass is 1010 g/mol. The lowest BCUT2D eigenvalue weighted by Crippen LogP contribution is -2.64. The fraction of sp³-hybridized carbons (Fsp3) is 0.981. The maximum absolute atomic E-state index is 13.3. The van der Waals surface area contributed by atoms with Gasteiger partial charge in [0.05, 0.1) is 38.1 Å². The fourth-order valence-corrected chi connectivity index (χ4v) is 9.62. The van der Waals surface area contributed by atoms with Gasteiger partial charge in [-0.05, 0) is 19.8 Å². The summed E-state index contributed by atoms with van der Waals surface area (Å²) in [6.45, 7) is 4.26. The molecule has 0 spiro atoms. The Labute approximate surface area is 419 Å². The Kier molecular flexibility index (Phi) is 33.1. The molecule has 0 aromatic rings. The van der Waals surface area contributed by atoms with Gasteiger partial charge in [0.25, 0.3) is 0 Å². The number of hydrogen-bond acceptors (Lipinski definition) is 17. The number of unbranched alkanes of at least 4 members (excludes halogenated alkanes) is 24. The van der Waals surface area contributed by atoms with Gasteiger partial charge in [-0.25, -0.2) is 0 Å². The van der Waals surface area contributed by atoms with Gasteiger partial charge in [0.1, 0.15) is 67.1 Å². The van der Waals surface area contributed by atoms with E-state index in [1.807, 2.05) is 0 Å². The van der Waals surface area contributed by atoms with E-state index >= 15 is 0 Å². The van der Waals surface area contributed by atoms with Crippen molar-refractivity contribution in [3.8, 4) is 0 Å².